The number of nitrogens with zero attached hydrogens (tertiary/aromatic N) is 7. The lowest BCUT2D eigenvalue weighted by molar-refractivity contribution is 0.0587. The van der Waals surface area contributed by atoms with E-state index in [2.05, 4.69) is 9.97 Å². The Bertz CT molecular complexity index is 1860. The van der Waals surface area contributed by atoms with Crippen LogP contribution in [0.1, 0.15) is 73.9 Å². The van der Waals surface area contributed by atoms with Crippen LogP contribution in [0, 0.1) is 0 Å². The van der Waals surface area contributed by atoms with Crippen molar-refractivity contribution in [3.05, 3.63) is 85.6 Å². The van der Waals surface area contributed by atoms with Gasteiger partial charge in [-0.2, -0.15) is 10.1 Å². The largest absolute Gasteiger partial charge is 0.479 e. The zero-order valence-corrected chi connectivity index (χ0v) is 27.6. The van der Waals surface area contributed by atoms with Gasteiger partial charge < -0.3 is 14.0 Å². The molecule has 0 saturated carbocycles. The van der Waals surface area contributed by atoms with E-state index in [1.807, 2.05) is 26.0 Å². The zero-order chi connectivity index (χ0) is 33.0. The molecule has 0 spiro atoms. The highest BCUT2D eigenvalue weighted by atomic mass is 35.5. The van der Waals surface area contributed by atoms with Crippen LogP contribution < -0.4 is 20.1 Å². The number of hydrogen-bond donors (Lipinski definition) is 0. The molecule has 1 aliphatic rings. The predicted octanol–water partition coefficient (Wildman–Crippen LogP) is 5.92. The number of amides is 2. The minimum absolute atomic E-state index is 0.0498. The van der Waals surface area contributed by atoms with E-state index in [0.29, 0.717) is 32.6 Å². The summed E-state index contributed by atoms with van der Waals surface area (Å²) in [4.78, 5) is 51.7. The Kier molecular flexibility index (Phi) is 8.41. The summed E-state index contributed by atoms with van der Waals surface area (Å²) < 4.78 is 14.0. The summed E-state index contributed by atoms with van der Waals surface area (Å²) >= 11 is 12.6. The smallest absolute Gasteiger partial charge is 0.416 e. The fourth-order valence-electron chi connectivity index (χ4n) is 5.23. The Morgan fingerprint density at radius 3 is 2.33 bits per heavy atom. The normalized spacial score (nSPS) is 14.6. The quantitative estimate of drug-likeness (QED) is 0.251. The molecule has 3 aromatic heterocycles. The van der Waals surface area contributed by atoms with E-state index in [-0.39, 0.29) is 29.1 Å². The SMILES string of the molecule is COc1nc(N(C)C(=O)OC(C)(C)C)ncc1-n1nc2c(c1C(C)C)C(c1ccc(Cl)cc1)N(c1cc(Cl)cn(C)c1=O)C2=O. The zero-order valence-electron chi connectivity index (χ0n) is 26.1. The molecule has 0 bridgehead atoms. The Balaban J connectivity index is 1.70. The molecular formula is C31H33Cl2N7O5. The van der Waals surface area contributed by atoms with E-state index < -0.39 is 29.2 Å². The standard InChI is InChI=1S/C31H33Cl2N7O5/c1-16(2)24-22-23(36-40(24)21-14-34-29(35-26(21)44-8)38(7)30(43)45-31(3,4)5)28(42)39(20-13-19(33)15-37(6)27(20)41)25(22)17-9-11-18(32)12-10-17/h9-16,25H,1-8H3. The first-order valence-corrected chi connectivity index (χ1v) is 14.8. The monoisotopic (exact) mass is 653 g/mol. The Labute approximate surface area is 270 Å². The first-order valence-electron chi connectivity index (χ1n) is 14.1. The number of carbonyl (C=O) groups excluding carboxylic acids is 2. The van der Waals surface area contributed by atoms with Crippen LogP contribution >= 0.6 is 23.2 Å². The number of anilines is 2. The number of fused-ring (bicyclic) bond motifs is 1. The van der Waals surface area contributed by atoms with Crippen molar-refractivity contribution < 1.29 is 19.1 Å². The van der Waals surface area contributed by atoms with Gasteiger partial charge in [0.1, 0.15) is 17.0 Å². The van der Waals surface area contributed by atoms with Crippen LogP contribution in [0.25, 0.3) is 5.69 Å². The van der Waals surface area contributed by atoms with Crippen molar-refractivity contribution in [2.75, 3.05) is 24.0 Å². The highest BCUT2D eigenvalue weighted by Gasteiger charge is 2.46. The Morgan fingerprint density at radius 2 is 1.73 bits per heavy atom. The average molecular weight is 655 g/mol. The lowest BCUT2D eigenvalue weighted by Crippen LogP contribution is -2.36. The van der Waals surface area contributed by atoms with Crippen molar-refractivity contribution in [1.82, 2.24) is 24.3 Å². The van der Waals surface area contributed by atoms with Crippen molar-refractivity contribution in [1.29, 1.82) is 0 Å². The van der Waals surface area contributed by atoms with E-state index in [9.17, 15) is 14.4 Å². The second-order valence-electron chi connectivity index (χ2n) is 11.9. The number of carbonyl (C=O) groups is 2. The highest BCUT2D eigenvalue weighted by molar-refractivity contribution is 6.31. The van der Waals surface area contributed by atoms with Crippen molar-refractivity contribution in [2.45, 2.75) is 52.2 Å². The Hall–Kier alpha value is -4.42. The van der Waals surface area contributed by atoms with Crippen molar-refractivity contribution >= 4 is 46.8 Å². The van der Waals surface area contributed by atoms with Gasteiger partial charge in [0.2, 0.25) is 11.8 Å². The number of ether oxygens (including phenoxy) is 2. The molecule has 12 nitrogen and oxygen atoms in total. The van der Waals surface area contributed by atoms with Crippen LogP contribution in [0.5, 0.6) is 5.88 Å². The average Bonchev–Trinajstić information content (AvgIpc) is 3.48. The van der Waals surface area contributed by atoms with Gasteiger partial charge in [-0.3, -0.25) is 14.5 Å². The van der Waals surface area contributed by atoms with Crippen molar-refractivity contribution in [3.63, 3.8) is 0 Å². The third-order valence-corrected chi connectivity index (χ3v) is 7.61. The maximum atomic E-state index is 14.2. The molecule has 1 unspecified atom stereocenters. The maximum absolute atomic E-state index is 14.2. The minimum atomic E-state index is -0.730. The van der Waals surface area contributed by atoms with Crippen molar-refractivity contribution in [2.24, 2.45) is 7.05 Å². The molecule has 2 amide bonds. The molecule has 5 rings (SSSR count). The van der Waals surface area contributed by atoms with Crippen LogP contribution in [0.2, 0.25) is 10.0 Å². The lowest BCUT2D eigenvalue weighted by Gasteiger charge is -2.27. The second-order valence-corrected chi connectivity index (χ2v) is 12.8. The first-order chi connectivity index (χ1) is 21.1. The van der Waals surface area contributed by atoms with E-state index in [0.717, 1.165) is 0 Å². The summed E-state index contributed by atoms with van der Waals surface area (Å²) in [6.45, 7) is 9.22. The number of rotatable bonds is 6. The minimum Gasteiger partial charge on any atom is -0.479 e. The molecule has 1 aliphatic heterocycles. The number of benzene rings is 1. The fraction of sp³-hybridized carbons (Fsp3) is 0.355. The van der Waals surface area contributed by atoms with Crippen LogP contribution in [-0.4, -0.2) is 56.1 Å². The highest BCUT2D eigenvalue weighted by Crippen LogP contribution is 2.45. The summed E-state index contributed by atoms with van der Waals surface area (Å²) in [7, 11) is 4.51. The number of aromatic nitrogens is 5. The van der Waals surface area contributed by atoms with Crippen molar-refractivity contribution in [3.8, 4) is 11.6 Å². The summed E-state index contributed by atoms with van der Waals surface area (Å²) in [5.74, 6) is -0.478. The molecule has 45 heavy (non-hydrogen) atoms. The molecule has 236 valence electrons. The number of aryl methyl sites for hydroxylation is 1. The van der Waals surface area contributed by atoms with Crippen LogP contribution in [0.15, 0.2) is 47.5 Å². The van der Waals surface area contributed by atoms with Gasteiger partial charge >= 0.3 is 6.09 Å². The molecule has 0 N–H and O–H groups in total. The summed E-state index contributed by atoms with van der Waals surface area (Å²) in [6.07, 6.45) is 2.32. The van der Waals surface area contributed by atoms with E-state index in [1.165, 1.54) is 47.0 Å². The molecule has 0 radical (unpaired) electrons. The van der Waals surface area contributed by atoms with Crippen LogP contribution in [0.3, 0.4) is 0 Å². The van der Waals surface area contributed by atoms with Gasteiger partial charge in [-0.15, -0.1) is 0 Å². The number of hydrogen-bond acceptors (Lipinski definition) is 8. The molecule has 1 atom stereocenters. The number of methoxy groups -OCH3 is 1. The molecule has 0 fully saturated rings. The third kappa shape index (κ3) is 5.87. The fourth-order valence-corrected chi connectivity index (χ4v) is 5.60. The van der Waals surface area contributed by atoms with E-state index in [1.54, 1.807) is 44.6 Å². The lowest BCUT2D eigenvalue weighted by atomic mass is 9.94. The van der Waals surface area contributed by atoms with E-state index in [4.69, 9.17) is 37.8 Å². The van der Waals surface area contributed by atoms with Gasteiger partial charge in [0, 0.05) is 30.9 Å². The van der Waals surface area contributed by atoms with Crippen LogP contribution in [-0.2, 0) is 11.8 Å². The molecule has 14 heteroatoms. The van der Waals surface area contributed by atoms with E-state index >= 15 is 0 Å². The predicted molar refractivity (Wildman–Crippen MR) is 171 cm³/mol. The summed E-state index contributed by atoms with van der Waals surface area (Å²) in [5.41, 5.74) is 1.51. The molecule has 0 aliphatic carbocycles. The second kappa shape index (κ2) is 11.8. The van der Waals surface area contributed by atoms with Gasteiger partial charge in [0.15, 0.2) is 5.69 Å². The molecular weight excluding hydrogens is 621 g/mol. The topological polar surface area (TPSA) is 125 Å². The van der Waals surface area contributed by atoms with Gasteiger partial charge in [-0.25, -0.2) is 19.4 Å². The summed E-state index contributed by atoms with van der Waals surface area (Å²) in [5, 5.41) is 5.58. The Morgan fingerprint density at radius 1 is 1.07 bits per heavy atom. The van der Waals surface area contributed by atoms with Gasteiger partial charge in [-0.1, -0.05) is 49.2 Å². The summed E-state index contributed by atoms with van der Waals surface area (Å²) in [6, 6.07) is 7.82. The van der Waals surface area contributed by atoms with Gasteiger partial charge in [-0.05, 0) is 50.5 Å². The molecule has 4 heterocycles. The maximum Gasteiger partial charge on any atom is 0.416 e. The number of halogens is 2. The molecule has 1 aromatic carbocycles. The molecule has 0 saturated heterocycles. The first kappa shape index (κ1) is 32.0. The van der Waals surface area contributed by atoms with Crippen LogP contribution in [0.4, 0.5) is 16.4 Å². The third-order valence-electron chi connectivity index (χ3n) is 7.15. The van der Waals surface area contributed by atoms with Gasteiger partial charge in [0.25, 0.3) is 11.5 Å². The molecule has 4 aromatic rings. The number of pyridine rings is 1. The van der Waals surface area contributed by atoms with Gasteiger partial charge in [0.05, 0.1) is 30.1 Å².